The van der Waals surface area contributed by atoms with Crippen LogP contribution in [-0.4, -0.2) is 29.3 Å². The first-order valence-corrected chi connectivity index (χ1v) is 8.04. The Hall–Kier alpha value is -1.59. The van der Waals surface area contributed by atoms with Crippen molar-refractivity contribution in [2.45, 2.75) is 44.2 Å². The van der Waals surface area contributed by atoms with E-state index in [9.17, 15) is 0 Å². The molecule has 1 aromatic heterocycles. The van der Waals surface area contributed by atoms with Gasteiger partial charge in [-0.2, -0.15) is 4.98 Å². The molecule has 1 aromatic carbocycles. The Balaban J connectivity index is 0.00000156. The third-order valence-corrected chi connectivity index (χ3v) is 4.85. The zero-order valence-corrected chi connectivity index (χ0v) is 14.0. The molecule has 2 saturated heterocycles. The number of nitrogens with zero attached hydrogens (tertiary/aromatic N) is 2. The van der Waals surface area contributed by atoms with Gasteiger partial charge in [0.2, 0.25) is 11.7 Å². The summed E-state index contributed by atoms with van der Waals surface area (Å²) < 4.78 is 10.8. The molecule has 23 heavy (non-hydrogen) atoms. The molecule has 2 atom stereocenters. The fourth-order valence-electron chi connectivity index (χ4n) is 3.87. The molecule has 2 unspecified atom stereocenters. The van der Waals surface area contributed by atoms with E-state index in [0.717, 1.165) is 23.6 Å². The molecule has 4 rings (SSSR count). The van der Waals surface area contributed by atoms with Gasteiger partial charge in [0.05, 0.1) is 12.7 Å². The smallest absolute Gasteiger partial charge is 0.227 e. The lowest BCUT2D eigenvalue weighted by molar-refractivity contribution is 0.270. The lowest BCUT2D eigenvalue weighted by atomic mass is 9.90. The average molecular weight is 336 g/mol. The van der Waals surface area contributed by atoms with Crippen LogP contribution in [0.25, 0.3) is 11.4 Å². The summed E-state index contributed by atoms with van der Waals surface area (Å²) >= 11 is 0. The first-order chi connectivity index (χ1) is 10.8. The average Bonchev–Trinajstić information content (AvgIpc) is 3.14. The van der Waals surface area contributed by atoms with Gasteiger partial charge in [-0.25, -0.2) is 0 Å². The number of hydrogen-bond acceptors (Lipinski definition) is 5. The summed E-state index contributed by atoms with van der Waals surface area (Å²) in [6.45, 7) is 0. The fourth-order valence-corrected chi connectivity index (χ4v) is 3.87. The Bertz CT molecular complexity index is 649. The van der Waals surface area contributed by atoms with Crippen LogP contribution in [0.2, 0.25) is 0 Å². The predicted octanol–water partition coefficient (Wildman–Crippen LogP) is 3.24. The van der Waals surface area contributed by atoms with Crippen LogP contribution in [-0.2, 0) is 6.42 Å². The number of aromatic nitrogens is 2. The Morgan fingerprint density at radius 1 is 1.22 bits per heavy atom. The zero-order chi connectivity index (χ0) is 14.9. The Labute approximate surface area is 142 Å². The second-order valence-corrected chi connectivity index (χ2v) is 6.39. The Kier molecular flexibility index (Phi) is 4.87. The number of rotatable bonds is 4. The van der Waals surface area contributed by atoms with Crippen molar-refractivity contribution in [2.24, 2.45) is 5.92 Å². The molecular formula is C17H22ClN3O2. The summed E-state index contributed by atoms with van der Waals surface area (Å²) in [5, 5.41) is 7.80. The van der Waals surface area contributed by atoms with Gasteiger partial charge in [0, 0.05) is 18.5 Å². The molecule has 2 aliphatic heterocycles. The molecule has 2 fully saturated rings. The molecule has 0 amide bonds. The van der Waals surface area contributed by atoms with Gasteiger partial charge < -0.3 is 14.6 Å². The summed E-state index contributed by atoms with van der Waals surface area (Å²) in [6, 6.07) is 9.15. The zero-order valence-electron chi connectivity index (χ0n) is 13.2. The van der Waals surface area contributed by atoms with E-state index >= 15 is 0 Å². The third-order valence-electron chi connectivity index (χ3n) is 4.85. The number of methoxy groups -OCH3 is 1. The molecular weight excluding hydrogens is 314 g/mol. The van der Waals surface area contributed by atoms with Gasteiger partial charge in [0.25, 0.3) is 0 Å². The van der Waals surface area contributed by atoms with Crippen LogP contribution in [0.15, 0.2) is 28.8 Å². The van der Waals surface area contributed by atoms with E-state index in [4.69, 9.17) is 9.26 Å². The molecule has 5 nitrogen and oxygen atoms in total. The summed E-state index contributed by atoms with van der Waals surface area (Å²) in [5.41, 5.74) is 0.880. The molecule has 0 aliphatic carbocycles. The van der Waals surface area contributed by atoms with E-state index in [1.54, 1.807) is 7.11 Å². The topological polar surface area (TPSA) is 60.2 Å². The van der Waals surface area contributed by atoms with Gasteiger partial charge in [-0.05, 0) is 43.7 Å². The molecule has 3 heterocycles. The minimum absolute atomic E-state index is 0. The van der Waals surface area contributed by atoms with Crippen LogP contribution in [0.4, 0.5) is 0 Å². The van der Waals surface area contributed by atoms with Crippen molar-refractivity contribution in [1.82, 2.24) is 15.5 Å². The first-order valence-electron chi connectivity index (χ1n) is 8.04. The molecule has 1 N–H and O–H groups in total. The summed E-state index contributed by atoms with van der Waals surface area (Å²) in [6.07, 6.45) is 5.97. The molecule has 2 aromatic rings. The Morgan fingerprint density at radius 3 is 2.70 bits per heavy atom. The van der Waals surface area contributed by atoms with E-state index in [2.05, 4.69) is 15.5 Å². The number of ether oxygens (including phenoxy) is 1. The predicted molar refractivity (Wildman–Crippen MR) is 89.9 cm³/mol. The molecule has 0 radical (unpaired) electrons. The third kappa shape index (κ3) is 3.35. The van der Waals surface area contributed by atoms with Gasteiger partial charge in [0.15, 0.2) is 0 Å². The number of fused-ring (bicyclic) bond motifs is 2. The maximum atomic E-state index is 5.48. The van der Waals surface area contributed by atoms with Crippen LogP contribution >= 0.6 is 12.4 Å². The Morgan fingerprint density at radius 2 is 1.96 bits per heavy atom. The highest BCUT2D eigenvalue weighted by atomic mass is 35.5. The van der Waals surface area contributed by atoms with Crippen LogP contribution in [0, 0.1) is 5.92 Å². The quantitative estimate of drug-likeness (QED) is 0.929. The molecule has 2 aliphatic rings. The number of nitrogens with one attached hydrogen (secondary N) is 1. The lowest BCUT2D eigenvalue weighted by Gasteiger charge is -2.27. The van der Waals surface area contributed by atoms with Crippen molar-refractivity contribution in [3.8, 4) is 17.1 Å². The molecule has 0 spiro atoms. The minimum Gasteiger partial charge on any atom is -0.496 e. The second-order valence-electron chi connectivity index (χ2n) is 6.39. The number of benzene rings is 1. The van der Waals surface area contributed by atoms with Crippen LogP contribution in [0.1, 0.15) is 31.6 Å². The highest BCUT2D eigenvalue weighted by Gasteiger charge is 2.34. The van der Waals surface area contributed by atoms with E-state index in [1.165, 1.54) is 25.7 Å². The van der Waals surface area contributed by atoms with Crippen LogP contribution in [0.5, 0.6) is 5.75 Å². The van der Waals surface area contributed by atoms with Crippen molar-refractivity contribution in [2.75, 3.05) is 7.11 Å². The largest absolute Gasteiger partial charge is 0.496 e. The van der Waals surface area contributed by atoms with Gasteiger partial charge in [-0.1, -0.05) is 17.3 Å². The summed E-state index contributed by atoms with van der Waals surface area (Å²) in [7, 11) is 1.66. The maximum Gasteiger partial charge on any atom is 0.227 e. The normalized spacial score (nSPS) is 25.9. The minimum atomic E-state index is 0. The van der Waals surface area contributed by atoms with E-state index in [0.29, 0.717) is 23.8 Å². The van der Waals surface area contributed by atoms with Gasteiger partial charge in [0.1, 0.15) is 5.75 Å². The highest BCUT2D eigenvalue weighted by Crippen LogP contribution is 2.33. The van der Waals surface area contributed by atoms with Crippen molar-refractivity contribution >= 4 is 12.4 Å². The number of halogens is 1. The van der Waals surface area contributed by atoms with Crippen molar-refractivity contribution in [3.63, 3.8) is 0 Å². The van der Waals surface area contributed by atoms with E-state index < -0.39 is 0 Å². The van der Waals surface area contributed by atoms with Crippen molar-refractivity contribution in [3.05, 3.63) is 30.2 Å². The SMILES string of the molecule is COc1ccccc1-c1noc(CC2CC3CCC(C2)N3)n1.Cl. The van der Waals surface area contributed by atoms with E-state index in [-0.39, 0.29) is 12.4 Å². The molecule has 0 saturated carbocycles. The monoisotopic (exact) mass is 335 g/mol. The first kappa shape index (κ1) is 16.3. The standard InChI is InChI=1S/C17H21N3O2.ClH/c1-21-15-5-3-2-4-14(15)17-19-16(22-20-17)10-11-8-12-6-7-13(9-11)18-12;/h2-5,11-13,18H,6-10H2,1H3;1H. The molecule has 124 valence electrons. The van der Waals surface area contributed by atoms with E-state index in [1.807, 2.05) is 24.3 Å². The highest BCUT2D eigenvalue weighted by molar-refractivity contribution is 5.85. The van der Waals surface area contributed by atoms with Gasteiger partial charge >= 0.3 is 0 Å². The van der Waals surface area contributed by atoms with Gasteiger partial charge in [-0.3, -0.25) is 0 Å². The maximum absolute atomic E-state index is 5.48. The second kappa shape index (κ2) is 6.89. The number of para-hydroxylation sites is 1. The fraction of sp³-hybridized carbons (Fsp3) is 0.529. The number of piperidine rings is 1. The van der Waals surface area contributed by atoms with Crippen LogP contribution in [0.3, 0.4) is 0 Å². The van der Waals surface area contributed by atoms with Gasteiger partial charge in [-0.15, -0.1) is 12.4 Å². The van der Waals surface area contributed by atoms with Crippen molar-refractivity contribution < 1.29 is 9.26 Å². The summed E-state index contributed by atoms with van der Waals surface area (Å²) in [5.74, 6) is 2.79. The van der Waals surface area contributed by atoms with Crippen molar-refractivity contribution in [1.29, 1.82) is 0 Å². The van der Waals surface area contributed by atoms with Crippen LogP contribution < -0.4 is 10.1 Å². The number of hydrogen-bond donors (Lipinski definition) is 1. The molecule has 2 bridgehead atoms. The molecule has 6 heteroatoms. The summed E-state index contributed by atoms with van der Waals surface area (Å²) in [4.78, 5) is 4.58. The lowest BCUT2D eigenvalue weighted by Crippen LogP contribution is -2.38.